The predicted octanol–water partition coefficient (Wildman–Crippen LogP) is 1.88. The summed E-state index contributed by atoms with van der Waals surface area (Å²) in [6.45, 7) is 2.27. The summed E-state index contributed by atoms with van der Waals surface area (Å²) >= 11 is 0. The molecule has 0 unspecified atom stereocenters. The van der Waals surface area contributed by atoms with E-state index in [0.29, 0.717) is 29.9 Å². The van der Waals surface area contributed by atoms with Crippen molar-refractivity contribution in [2.75, 3.05) is 6.54 Å². The maximum Gasteiger partial charge on any atom is 0.274 e. The van der Waals surface area contributed by atoms with Crippen LogP contribution in [0, 0.1) is 0 Å². The average molecular weight is 388 g/mol. The molecule has 148 valence electrons. The van der Waals surface area contributed by atoms with Gasteiger partial charge >= 0.3 is 0 Å². The van der Waals surface area contributed by atoms with Gasteiger partial charge in [-0.15, -0.1) is 5.10 Å². The van der Waals surface area contributed by atoms with E-state index in [-0.39, 0.29) is 17.8 Å². The van der Waals surface area contributed by atoms with Crippen LogP contribution < -0.4 is 10.4 Å². The van der Waals surface area contributed by atoms with Gasteiger partial charge in [-0.1, -0.05) is 47.7 Å². The Morgan fingerprint density at radius 3 is 2.55 bits per heavy atom. The van der Waals surface area contributed by atoms with E-state index in [0.717, 1.165) is 24.1 Å². The number of nitrogens with zero attached hydrogens (tertiary/aromatic N) is 4. The highest BCUT2D eigenvalue weighted by atomic mass is 16.3. The maximum absolute atomic E-state index is 12.7. The Hall–Kier alpha value is -3.48. The van der Waals surface area contributed by atoms with E-state index in [1.165, 1.54) is 0 Å². The van der Waals surface area contributed by atoms with Crippen LogP contribution in [-0.4, -0.2) is 39.4 Å². The van der Waals surface area contributed by atoms with Crippen LogP contribution in [0.4, 0.5) is 0 Å². The molecule has 1 saturated carbocycles. The topological polar surface area (TPSA) is 95.2 Å². The molecule has 29 heavy (non-hydrogen) atoms. The highest BCUT2D eigenvalue weighted by Crippen LogP contribution is 2.22. The number of nitrogens with one attached hydrogen (secondary N) is 1. The van der Waals surface area contributed by atoms with Crippen LogP contribution in [0.15, 0.2) is 59.6 Å². The highest BCUT2D eigenvalue weighted by Gasteiger charge is 2.27. The maximum atomic E-state index is 12.7. The lowest BCUT2D eigenvalue weighted by atomic mass is 10.1. The molecule has 0 atom stereocenters. The number of hydrogen-bond donors (Lipinski definition) is 1. The van der Waals surface area contributed by atoms with E-state index in [1.54, 1.807) is 28.9 Å². The zero-order valence-electron chi connectivity index (χ0n) is 16.2. The van der Waals surface area contributed by atoms with Crippen molar-refractivity contribution in [1.29, 1.82) is 0 Å². The lowest BCUT2D eigenvalue weighted by Gasteiger charge is -2.12. The summed E-state index contributed by atoms with van der Waals surface area (Å²) in [6.07, 6.45) is 2.53. The van der Waals surface area contributed by atoms with Gasteiger partial charge in [0.15, 0.2) is 5.69 Å². The largest absolute Gasteiger partial charge is 0.858 e. The van der Waals surface area contributed by atoms with E-state index >= 15 is 0 Å². The first-order valence-electron chi connectivity index (χ1n) is 9.77. The number of aliphatic imine (C=N–C) groups is 1. The first kappa shape index (κ1) is 18.9. The quantitative estimate of drug-likeness (QED) is 0.494. The minimum Gasteiger partial charge on any atom is -0.858 e. The van der Waals surface area contributed by atoms with E-state index in [1.807, 2.05) is 37.3 Å². The number of benzene rings is 2. The summed E-state index contributed by atoms with van der Waals surface area (Å²) < 4.78 is 1.67. The third-order valence-corrected chi connectivity index (χ3v) is 4.77. The third kappa shape index (κ3) is 4.34. The van der Waals surface area contributed by atoms with Gasteiger partial charge in [0.1, 0.15) is 0 Å². The molecule has 4 rings (SSSR count). The van der Waals surface area contributed by atoms with Crippen LogP contribution in [0.2, 0.25) is 0 Å². The Kier molecular flexibility index (Phi) is 5.37. The Labute approximate surface area is 169 Å². The first-order valence-corrected chi connectivity index (χ1v) is 9.77. The van der Waals surface area contributed by atoms with Gasteiger partial charge in [0, 0.05) is 19.0 Å². The van der Waals surface area contributed by atoms with Gasteiger partial charge in [0.05, 0.1) is 11.4 Å². The van der Waals surface area contributed by atoms with E-state index in [2.05, 4.69) is 20.6 Å². The van der Waals surface area contributed by atoms with Crippen molar-refractivity contribution in [2.24, 2.45) is 4.99 Å². The van der Waals surface area contributed by atoms with Gasteiger partial charge in [0.25, 0.3) is 5.91 Å². The van der Waals surface area contributed by atoms with Crippen LogP contribution in [0.25, 0.3) is 5.69 Å². The van der Waals surface area contributed by atoms with Crippen LogP contribution in [0.1, 0.15) is 47.1 Å². The molecular weight excluding hydrogens is 366 g/mol. The number of amides is 1. The molecular formula is C22H22N5O2-. The molecule has 1 aliphatic carbocycles. The zero-order chi connectivity index (χ0) is 20.2. The molecule has 0 spiro atoms. The predicted molar refractivity (Wildman–Crippen MR) is 108 cm³/mol. The normalized spacial score (nSPS) is 14.0. The number of aromatic nitrogens is 3. The van der Waals surface area contributed by atoms with Gasteiger partial charge in [-0.3, -0.25) is 4.79 Å². The summed E-state index contributed by atoms with van der Waals surface area (Å²) in [5.41, 5.74) is 3.37. The van der Waals surface area contributed by atoms with Gasteiger partial charge in [-0.25, -0.2) is 4.68 Å². The Balaban J connectivity index is 1.69. The Morgan fingerprint density at radius 2 is 1.90 bits per heavy atom. The number of hydrogen-bond acceptors (Lipinski definition) is 5. The monoisotopic (exact) mass is 388 g/mol. The highest BCUT2D eigenvalue weighted by molar-refractivity contribution is 5.94. The third-order valence-electron chi connectivity index (χ3n) is 4.77. The zero-order valence-corrected chi connectivity index (χ0v) is 16.2. The fourth-order valence-corrected chi connectivity index (χ4v) is 3.09. The fraction of sp³-hybridized carbons (Fsp3) is 0.273. The van der Waals surface area contributed by atoms with E-state index in [9.17, 15) is 9.90 Å². The lowest BCUT2D eigenvalue weighted by Crippen LogP contribution is -2.27. The van der Waals surface area contributed by atoms with Crippen molar-refractivity contribution in [3.8, 4) is 5.69 Å². The van der Waals surface area contributed by atoms with Crippen molar-refractivity contribution in [3.63, 3.8) is 0 Å². The summed E-state index contributed by atoms with van der Waals surface area (Å²) in [6, 6.07) is 17.2. The molecule has 7 heteroatoms. The number of carbonyl (C=O) groups excluding carboxylic acids is 1. The van der Waals surface area contributed by atoms with Crippen LogP contribution in [-0.2, 0) is 6.42 Å². The van der Waals surface area contributed by atoms with E-state index in [4.69, 9.17) is 0 Å². The van der Waals surface area contributed by atoms with Crippen LogP contribution in [0.5, 0.6) is 0 Å². The van der Waals surface area contributed by atoms with Crippen LogP contribution in [0.3, 0.4) is 0 Å². The summed E-state index contributed by atoms with van der Waals surface area (Å²) in [7, 11) is 0. The van der Waals surface area contributed by atoms with Gasteiger partial charge < -0.3 is 15.4 Å². The standard InChI is InChI=1S/C22H23N5O2/c1-2-23-21(28)16-8-12-18(13-9-16)27-19(14-15-6-4-3-5-7-15)20(25-26-27)22(29)24-17-10-11-17/h3-9,12-13,17H,2,10-11,14H2,1H3,(H,23,28)(H,24,29)/p-1. The molecule has 1 N–H and O–H groups in total. The summed E-state index contributed by atoms with van der Waals surface area (Å²) in [4.78, 5) is 16.6. The second kappa shape index (κ2) is 8.26. The molecule has 7 nitrogen and oxygen atoms in total. The molecule has 3 aromatic rings. The van der Waals surface area contributed by atoms with Crippen molar-refractivity contribution in [2.45, 2.75) is 32.2 Å². The average Bonchev–Trinajstić information content (AvgIpc) is 3.46. The Bertz CT molecular complexity index is 1020. The molecule has 0 bridgehead atoms. The molecule has 1 fully saturated rings. The molecule has 0 saturated heterocycles. The fourth-order valence-electron chi connectivity index (χ4n) is 3.09. The Morgan fingerprint density at radius 1 is 1.17 bits per heavy atom. The summed E-state index contributed by atoms with van der Waals surface area (Å²) in [5, 5.41) is 23.3. The molecule has 2 aromatic carbocycles. The first-order chi connectivity index (χ1) is 14.2. The smallest absolute Gasteiger partial charge is 0.274 e. The van der Waals surface area contributed by atoms with E-state index < -0.39 is 0 Å². The molecule has 1 amide bonds. The van der Waals surface area contributed by atoms with Crippen molar-refractivity contribution in [3.05, 3.63) is 77.1 Å². The number of carbonyl (C=O) groups is 1. The van der Waals surface area contributed by atoms with Crippen LogP contribution >= 0.6 is 0 Å². The van der Waals surface area contributed by atoms with Crippen molar-refractivity contribution >= 4 is 11.8 Å². The molecule has 0 aliphatic heterocycles. The van der Waals surface area contributed by atoms with Crippen molar-refractivity contribution in [1.82, 2.24) is 20.3 Å². The molecule has 1 aromatic heterocycles. The number of rotatable bonds is 7. The second-order valence-electron chi connectivity index (χ2n) is 7.03. The van der Waals surface area contributed by atoms with Crippen molar-refractivity contribution < 1.29 is 9.90 Å². The molecule has 1 aliphatic rings. The second-order valence-corrected chi connectivity index (χ2v) is 7.03. The van der Waals surface area contributed by atoms with Gasteiger partial charge in [-0.05, 0) is 48.9 Å². The minimum atomic E-state index is -0.244. The van der Waals surface area contributed by atoms with Gasteiger partial charge in [0.2, 0.25) is 0 Å². The minimum absolute atomic E-state index is 0.196. The lowest BCUT2D eigenvalue weighted by molar-refractivity contribution is -0.213. The molecule has 1 heterocycles. The molecule has 0 radical (unpaired) electrons. The van der Waals surface area contributed by atoms with Gasteiger partial charge in [-0.2, -0.15) is 0 Å². The summed E-state index contributed by atoms with van der Waals surface area (Å²) in [5.74, 6) is -0.440. The SMILES string of the molecule is CCN=C([O-])c1ccc(-n2nnc(C(=O)NC3CC3)c2Cc2ccccc2)cc1.